The van der Waals surface area contributed by atoms with Gasteiger partial charge in [0.15, 0.2) is 5.76 Å². The van der Waals surface area contributed by atoms with Crippen LogP contribution in [0.2, 0.25) is 0 Å². The molecule has 2 N–H and O–H groups in total. The molecule has 2 aromatic heterocycles. The Balaban J connectivity index is 1.60. The van der Waals surface area contributed by atoms with Crippen molar-refractivity contribution in [1.29, 1.82) is 0 Å². The number of anilines is 2. The van der Waals surface area contributed by atoms with Crippen LogP contribution < -0.4 is 10.6 Å². The fourth-order valence-corrected chi connectivity index (χ4v) is 4.03. The van der Waals surface area contributed by atoms with E-state index in [-0.39, 0.29) is 24.1 Å². The van der Waals surface area contributed by atoms with Gasteiger partial charge in [-0.1, -0.05) is 17.7 Å². The highest BCUT2D eigenvalue weighted by atomic mass is 32.1. The summed E-state index contributed by atoms with van der Waals surface area (Å²) in [7, 11) is 1.57. The van der Waals surface area contributed by atoms with Crippen molar-refractivity contribution in [1.82, 2.24) is 4.90 Å². The molecule has 30 heavy (non-hydrogen) atoms. The molecule has 0 atom stereocenters. The highest BCUT2D eigenvalue weighted by Crippen LogP contribution is 2.24. The van der Waals surface area contributed by atoms with Crippen LogP contribution in [0, 0.1) is 20.8 Å². The Morgan fingerprint density at radius 2 is 1.73 bits per heavy atom. The molecular formula is C22H23N3O4S. The van der Waals surface area contributed by atoms with Crippen molar-refractivity contribution in [2.24, 2.45) is 0 Å². The number of nitrogens with zero attached hydrogens (tertiary/aromatic N) is 1. The normalized spacial score (nSPS) is 10.5. The Morgan fingerprint density at radius 1 is 1.03 bits per heavy atom. The van der Waals surface area contributed by atoms with Crippen LogP contribution in [0.3, 0.4) is 0 Å². The Morgan fingerprint density at radius 3 is 2.37 bits per heavy atom. The quantitative estimate of drug-likeness (QED) is 0.618. The van der Waals surface area contributed by atoms with E-state index in [4.69, 9.17) is 4.42 Å². The van der Waals surface area contributed by atoms with E-state index in [1.54, 1.807) is 31.3 Å². The molecule has 0 saturated carbocycles. The van der Waals surface area contributed by atoms with Gasteiger partial charge < -0.3 is 20.0 Å². The summed E-state index contributed by atoms with van der Waals surface area (Å²) in [5.41, 5.74) is 3.85. The lowest BCUT2D eigenvalue weighted by Crippen LogP contribution is -2.34. The van der Waals surface area contributed by atoms with E-state index in [0.717, 1.165) is 33.7 Å². The lowest BCUT2D eigenvalue weighted by molar-refractivity contribution is -0.116. The molecule has 0 saturated heterocycles. The molecule has 3 amide bonds. The maximum atomic E-state index is 12.7. The maximum absolute atomic E-state index is 12.7. The topological polar surface area (TPSA) is 91.7 Å². The van der Waals surface area contributed by atoms with Gasteiger partial charge in [0.1, 0.15) is 0 Å². The molecule has 0 spiro atoms. The van der Waals surface area contributed by atoms with Crippen molar-refractivity contribution < 1.29 is 18.8 Å². The summed E-state index contributed by atoms with van der Waals surface area (Å²) in [4.78, 5) is 38.9. The minimum atomic E-state index is -0.391. The highest BCUT2D eigenvalue weighted by Gasteiger charge is 2.19. The summed E-state index contributed by atoms with van der Waals surface area (Å²) in [6.07, 6.45) is 1.41. The van der Waals surface area contributed by atoms with Crippen LogP contribution in [0.15, 0.2) is 47.1 Å². The number of thiophene rings is 1. The summed E-state index contributed by atoms with van der Waals surface area (Å²) in [5, 5.41) is 6.09. The molecular weight excluding hydrogens is 402 g/mol. The fraction of sp³-hybridized carbons (Fsp3) is 0.227. The van der Waals surface area contributed by atoms with Crippen molar-refractivity contribution in [2.75, 3.05) is 24.2 Å². The minimum absolute atomic E-state index is 0.0857. The molecule has 0 fully saturated rings. The van der Waals surface area contributed by atoms with Crippen LogP contribution >= 0.6 is 11.3 Å². The van der Waals surface area contributed by atoms with Gasteiger partial charge in [-0.2, -0.15) is 0 Å². The van der Waals surface area contributed by atoms with E-state index in [1.165, 1.54) is 11.2 Å². The van der Waals surface area contributed by atoms with Crippen LogP contribution in [-0.2, 0) is 4.79 Å². The monoisotopic (exact) mass is 425 g/mol. The zero-order valence-corrected chi connectivity index (χ0v) is 18.1. The summed E-state index contributed by atoms with van der Waals surface area (Å²) < 4.78 is 5.05. The third kappa shape index (κ3) is 4.96. The third-order valence-corrected chi connectivity index (χ3v) is 5.46. The molecule has 2 heterocycles. The number of carbonyl (C=O) groups is 3. The Hall–Kier alpha value is -3.39. The second kappa shape index (κ2) is 8.96. The Bertz CT molecular complexity index is 1060. The van der Waals surface area contributed by atoms with Gasteiger partial charge >= 0.3 is 0 Å². The second-order valence-corrected chi connectivity index (χ2v) is 8.16. The molecule has 3 rings (SSSR count). The zero-order chi connectivity index (χ0) is 21.8. The molecule has 0 aliphatic rings. The van der Waals surface area contributed by atoms with E-state index in [9.17, 15) is 14.4 Å². The number of amides is 3. The van der Waals surface area contributed by atoms with E-state index in [1.807, 2.05) is 32.9 Å². The summed E-state index contributed by atoms with van der Waals surface area (Å²) >= 11 is 1.14. The van der Waals surface area contributed by atoms with Crippen LogP contribution in [0.5, 0.6) is 0 Å². The number of aryl methyl sites for hydroxylation is 3. The minimum Gasteiger partial charge on any atom is -0.459 e. The van der Waals surface area contributed by atoms with Gasteiger partial charge in [-0.25, -0.2) is 0 Å². The van der Waals surface area contributed by atoms with Crippen molar-refractivity contribution in [3.63, 3.8) is 0 Å². The number of hydrogen-bond acceptors (Lipinski definition) is 5. The smallest absolute Gasteiger partial charge is 0.291 e. The molecule has 7 nitrogen and oxygen atoms in total. The second-order valence-electron chi connectivity index (χ2n) is 7.08. The molecule has 8 heteroatoms. The van der Waals surface area contributed by atoms with Gasteiger partial charge in [0.2, 0.25) is 5.91 Å². The lowest BCUT2D eigenvalue weighted by Gasteiger charge is -2.18. The number of nitrogens with one attached hydrogen (secondary N) is 2. The third-order valence-electron chi connectivity index (χ3n) is 4.47. The SMILES string of the molecule is Cc1cc(C)c(NC(=O)CN(C)C(=O)c2ccc(NC(=O)c3ccco3)s2)c(C)c1. The number of likely N-dealkylation sites (N-methyl/N-ethyl adjacent to an activating group) is 1. The summed E-state index contributed by atoms with van der Waals surface area (Å²) in [6, 6.07) is 10.4. The van der Waals surface area contributed by atoms with Crippen LogP contribution in [0.4, 0.5) is 10.7 Å². The predicted octanol–water partition coefficient (Wildman–Crippen LogP) is 4.23. The lowest BCUT2D eigenvalue weighted by atomic mass is 10.1. The van der Waals surface area contributed by atoms with Gasteiger partial charge in [-0.15, -0.1) is 11.3 Å². The van der Waals surface area contributed by atoms with E-state index >= 15 is 0 Å². The number of benzene rings is 1. The van der Waals surface area contributed by atoms with Crippen LogP contribution in [-0.4, -0.2) is 36.2 Å². The number of rotatable bonds is 6. The van der Waals surface area contributed by atoms with Gasteiger partial charge in [0.25, 0.3) is 11.8 Å². The van der Waals surface area contributed by atoms with Gasteiger partial charge in [0.05, 0.1) is 22.7 Å². The molecule has 0 aliphatic carbocycles. The van der Waals surface area contributed by atoms with Crippen molar-refractivity contribution in [2.45, 2.75) is 20.8 Å². The first-order valence-electron chi connectivity index (χ1n) is 9.32. The largest absolute Gasteiger partial charge is 0.459 e. The number of furan rings is 1. The first-order chi connectivity index (χ1) is 14.2. The van der Waals surface area contributed by atoms with Crippen molar-refractivity contribution in [3.8, 4) is 0 Å². The summed E-state index contributed by atoms with van der Waals surface area (Å²) in [5.74, 6) is -0.779. The molecule has 0 unspecified atom stereocenters. The Kier molecular flexibility index (Phi) is 6.37. The van der Waals surface area contributed by atoms with Crippen molar-refractivity contribution in [3.05, 3.63) is 70.0 Å². The van der Waals surface area contributed by atoms with Crippen LogP contribution in [0.1, 0.15) is 36.9 Å². The number of carbonyl (C=O) groups excluding carboxylic acids is 3. The molecule has 0 radical (unpaired) electrons. The van der Waals surface area contributed by atoms with Gasteiger partial charge in [0, 0.05) is 12.7 Å². The van der Waals surface area contributed by atoms with Crippen molar-refractivity contribution >= 4 is 39.7 Å². The first kappa shape index (κ1) is 21.3. The molecule has 156 valence electrons. The van der Waals surface area contributed by atoms with Gasteiger partial charge in [-0.3, -0.25) is 14.4 Å². The highest BCUT2D eigenvalue weighted by molar-refractivity contribution is 7.18. The zero-order valence-electron chi connectivity index (χ0n) is 17.2. The average Bonchev–Trinajstić information content (AvgIpc) is 3.36. The maximum Gasteiger partial charge on any atom is 0.291 e. The summed E-state index contributed by atoms with van der Waals surface area (Å²) in [6.45, 7) is 5.80. The van der Waals surface area contributed by atoms with Crippen LogP contribution in [0.25, 0.3) is 0 Å². The molecule has 0 aliphatic heterocycles. The molecule has 3 aromatic rings. The number of hydrogen-bond donors (Lipinski definition) is 2. The van der Waals surface area contributed by atoms with Gasteiger partial charge in [-0.05, 0) is 56.2 Å². The van der Waals surface area contributed by atoms with E-state index in [0.29, 0.717) is 9.88 Å². The van der Waals surface area contributed by atoms with E-state index in [2.05, 4.69) is 10.6 Å². The first-order valence-corrected chi connectivity index (χ1v) is 10.1. The standard InChI is InChI=1S/C22H23N3O4S/c1-13-10-14(2)20(15(3)11-13)23-18(26)12-25(4)22(28)17-7-8-19(30-17)24-21(27)16-6-5-9-29-16/h5-11H,12H2,1-4H3,(H,23,26)(H,24,27). The Labute approximate surface area is 178 Å². The molecule has 0 bridgehead atoms. The fourth-order valence-electron chi connectivity index (χ4n) is 3.13. The average molecular weight is 426 g/mol. The predicted molar refractivity (Wildman–Crippen MR) is 117 cm³/mol. The molecule has 1 aromatic carbocycles. The van der Waals surface area contributed by atoms with E-state index < -0.39 is 5.91 Å².